The SMILES string of the molecule is CCOc1ccc(-c2c(NC(=O)[C@H](C)Oc3ccccc3)n[nH]c2C)cc1OCC. The molecule has 0 unspecified atom stereocenters. The quantitative estimate of drug-likeness (QED) is 0.540. The molecular formula is C23H27N3O4. The minimum Gasteiger partial charge on any atom is -0.490 e. The lowest BCUT2D eigenvalue weighted by atomic mass is 10.0. The summed E-state index contributed by atoms with van der Waals surface area (Å²) in [5.74, 6) is 2.11. The van der Waals surface area contributed by atoms with E-state index in [1.54, 1.807) is 6.92 Å². The average molecular weight is 409 g/mol. The van der Waals surface area contributed by atoms with Gasteiger partial charge in [0.2, 0.25) is 0 Å². The first-order valence-electron chi connectivity index (χ1n) is 10.0. The van der Waals surface area contributed by atoms with Gasteiger partial charge in [0.1, 0.15) is 5.75 Å². The van der Waals surface area contributed by atoms with Crippen molar-refractivity contribution in [1.29, 1.82) is 0 Å². The zero-order valence-corrected chi connectivity index (χ0v) is 17.7. The molecular weight excluding hydrogens is 382 g/mol. The first-order chi connectivity index (χ1) is 14.5. The maximum Gasteiger partial charge on any atom is 0.266 e. The third-order valence-electron chi connectivity index (χ3n) is 4.45. The molecule has 1 atom stereocenters. The molecule has 3 aromatic rings. The van der Waals surface area contributed by atoms with Crippen LogP contribution in [0, 0.1) is 6.92 Å². The topological polar surface area (TPSA) is 85.5 Å². The van der Waals surface area contributed by atoms with Crippen LogP contribution in [0.1, 0.15) is 26.5 Å². The van der Waals surface area contributed by atoms with Crippen LogP contribution in [0.5, 0.6) is 17.2 Å². The van der Waals surface area contributed by atoms with Gasteiger partial charge in [0, 0.05) is 11.3 Å². The Hall–Kier alpha value is -3.48. The molecule has 7 nitrogen and oxygen atoms in total. The van der Waals surface area contributed by atoms with Crippen molar-refractivity contribution in [2.24, 2.45) is 0 Å². The number of para-hydroxylation sites is 1. The first-order valence-corrected chi connectivity index (χ1v) is 10.0. The minimum atomic E-state index is -0.684. The van der Waals surface area contributed by atoms with Crippen LogP contribution in [-0.2, 0) is 4.79 Å². The van der Waals surface area contributed by atoms with Crippen molar-refractivity contribution in [2.75, 3.05) is 18.5 Å². The summed E-state index contributed by atoms with van der Waals surface area (Å²) >= 11 is 0. The van der Waals surface area contributed by atoms with Crippen LogP contribution in [0.2, 0.25) is 0 Å². The second-order valence-electron chi connectivity index (χ2n) is 6.66. The molecule has 0 fully saturated rings. The maximum atomic E-state index is 12.7. The van der Waals surface area contributed by atoms with Crippen LogP contribution < -0.4 is 19.5 Å². The van der Waals surface area contributed by atoms with Gasteiger partial charge in [0.05, 0.1) is 13.2 Å². The van der Waals surface area contributed by atoms with Gasteiger partial charge in [-0.3, -0.25) is 9.89 Å². The number of aryl methyl sites for hydroxylation is 1. The highest BCUT2D eigenvalue weighted by Gasteiger charge is 2.21. The van der Waals surface area contributed by atoms with E-state index in [4.69, 9.17) is 14.2 Å². The van der Waals surface area contributed by atoms with Gasteiger partial charge in [-0.05, 0) is 57.5 Å². The van der Waals surface area contributed by atoms with E-state index < -0.39 is 6.10 Å². The minimum absolute atomic E-state index is 0.289. The fourth-order valence-electron chi connectivity index (χ4n) is 3.05. The summed E-state index contributed by atoms with van der Waals surface area (Å²) in [6.07, 6.45) is -0.684. The van der Waals surface area contributed by atoms with Crippen molar-refractivity contribution in [2.45, 2.75) is 33.8 Å². The van der Waals surface area contributed by atoms with Gasteiger partial charge < -0.3 is 19.5 Å². The second-order valence-corrected chi connectivity index (χ2v) is 6.66. The molecule has 0 aliphatic heterocycles. The van der Waals surface area contributed by atoms with E-state index in [0.29, 0.717) is 36.3 Å². The van der Waals surface area contributed by atoms with Gasteiger partial charge in [-0.1, -0.05) is 24.3 Å². The number of nitrogens with one attached hydrogen (secondary N) is 2. The van der Waals surface area contributed by atoms with Crippen LogP contribution in [0.4, 0.5) is 5.82 Å². The Morgan fingerprint density at radius 2 is 1.77 bits per heavy atom. The lowest BCUT2D eigenvalue weighted by molar-refractivity contribution is -0.122. The predicted molar refractivity (Wildman–Crippen MR) is 116 cm³/mol. The number of rotatable bonds is 9. The number of ether oxygens (including phenoxy) is 3. The Balaban J connectivity index is 1.82. The average Bonchev–Trinajstić information content (AvgIpc) is 3.10. The molecule has 0 aliphatic rings. The van der Waals surface area contributed by atoms with Crippen LogP contribution in [0.3, 0.4) is 0 Å². The van der Waals surface area contributed by atoms with Gasteiger partial charge in [-0.15, -0.1) is 0 Å². The predicted octanol–water partition coefficient (Wildman–Crippen LogP) is 4.59. The van der Waals surface area contributed by atoms with Crippen molar-refractivity contribution in [3.8, 4) is 28.4 Å². The summed E-state index contributed by atoms with van der Waals surface area (Å²) in [6, 6.07) is 14.9. The number of benzene rings is 2. The Bertz CT molecular complexity index is 985. The number of carbonyl (C=O) groups excluding carboxylic acids is 1. The molecule has 1 aromatic heterocycles. The number of amides is 1. The van der Waals surface area contributed by atoms with Crippen LogP contribution >= 0.6 is 0 Å². The van der Waals surface area contributed by atoms with Gasteiger partial charge in [-0.2, -0.15) is 5.10 Å². The van der Waals surface area contributed by atoms with E-state index in [2.05, 4.69) is 15.5 Å². The molecule has 2 aromatic carbocycles. The lowest BCUT2D eigenvalue weighted by Gasteiger charge is -2.15. The van der Waals surface area contributed by atoms with E-state index in [1.165, 1.54) is 0 Å². The molecule has 3 rings (SSSR count). The van der Waals surface area contributed by atoms with E-state index in [9.17, 15) is 4.79 Å². The highest BCUT2D eigenvalue weighted by atomic mass is 16.5. The first kappa shape index (κ1) is 21.2. The molecule has 2 N–H and O–H groups in total. The Morgan fingerprint density at radius 1 is 1.07 bits per heavy atom. The lowest BCUT2D eigenvalue weighted by Crippen LogP contribution is -2.30. The molecule has 0 saturated heterocycles. The van der Waals surface area contributed by atoms with Gasteiger partial charge >= 0.3 is 0 Å². The standard InChI is InChI=1S/C23H27N3O4/c1-5-28-19-13-12-17(14-20(19)29-6-2)21-15(3)25-26-22(21)24-23(27)16(4)30-18-10-8-7-9-11-18/h7-14,16H,5-6H2,1-4H3,(H2,24,25,26,27)/t16-/m0/s1. The second kappa shape index (κ2) is 9.82. The van der Waals surface area contributed by atoms with Gasteiger partial charge in [0.25, 0.3) is 5.91 Å². The van der Waals surface area contributed by atoms with E-state index in [-0.39, 0.29) is 5.91 Å². The van der Waals surface area contributed by atoms with Gasteiger partial charge in [-0.25, -0.2) is 0 Å². The number of hydrogen-bond acceptors (Lipinski definition) is 5. The zero-order chi connectivity index (χ0) is 21.5. The van der Waals surface area contributed by atoms with Crippen molar-refractivity contribution in [1.82, 2.24) is 10.2 Å². The van der Waals surface area contributed by atoms with E-state index >= 15 is 0 Å². The number of aromatic nitrogens is 2. The number of nitrogens with zero attached hydrogens (tertiary/aromatic N) is 1. The van der Waals surface area contributed by atoms with E-state index in [0.717, 1.165) is 16.8 Å². The smallest absolute Gasteiger partial charge is 0.266 e. The summed E-state index contributed by atoms with van der Waals surface area (Å²) < 4.78 is 17.1. The summed E-state index contributed by atoms with van der Waals surface area (Å²) in [5.41, 5.74) is 2.48. The summed E-state index contributed by atoms with van der Waals surface area (Å²) in [4.78, 5) is 12.7. The Kier molecular flexibility index (Phi) is 6.95. The van der Waals surface area contributed by atoms with Crippen molar-refractivity contribution >= 4 is 11.7 Å². The van der Waals surface area contributed by atoms with Crippen molar-refractivity contribution in [3.05, 3.63) is 54.2 Å². The van der Waals surface area contributed by atoms with Crippen LogP contribution in [0.15, 0.2) is 48.5 Å². The summed E-state index contributed by atoms with van der Waals surface area (Å²) in [5, 5.41) is 10.1. The highest BCUT2D eigenvalue weighted by molar-refractivity contribution is 5.97. The Morgan fingerprint density at radius 3 is 2.47 bits per heavy atom. The third-order valence-corrected chi connectivity index (χ3v) is 4.45. The van der Waals surface area contributed by atoms with Gasteiger partial charge in [0.15, 0.2) is 23.4 Å². The fourth-order valence-corrected chi connectivity index (χ4v) is 3.05. The fraction of sp³-hybridized carbons (Fsp3) is 0.304. The molecule has 0 spiro atoms. The molecule has 0 saturated carbocycles. The highest BCUT2D eigenvalue weighted by Crippen LogP contribution is 2.36. The zero-order valence-electron chi connectivity index (χ0n) is 17.7. The molecule has 30 heavy (non-hydrogen) atoms. The largest absolute Gasteiger partial charge is 0.490 e. The molecule has 0 aliphatic carbocycles. The number of carbonyl (C=O) groups is 1. The van der Waals surface area contributed by atoms with E-state index in [1.807, 2.05) is 69.3 Å². The number of anilines is 1. The van der Waals surface area contributed by atoms with Crippen molar-refractivity contribution in [3.63, 3.8) is 0 Å². The monoisotopic (exact) mass is 409 g/mol. The van der Waals surface area contributed by atoms with Crippen LogP contribution in [-0.4, -0.2) is 35.4 Å². The summed E-state index contributed by atoms with van der Waals surface area (Å²) in [7, 11) is 0. The number of hydrogen-bond donors (Lipinski definition) is 2. The Labute approximate surface area is 176 Å². The molecule has 0 radical (unpaired) electrons. The van der Waals surface area contributed by atoms with Crippen LogP contribution in [0.25, 0.3) is 11.1 Å². The molecule has 7 heteroatoms. The molecule has 0 bridgehead atoms. The number of H-pyrrole nitrogens is 1. The normalized spacial score (nSPS) is 11.6. The molecule has 1 heterocycles. The number of aromatic amines is 1. The maximum absolute atomic E-state index is 12.7. The molecule has 158 valence electrons. The van der Waals surface area contributed by atoms with Crippen molar-refractivity contribution < 1.29 is 19.0 Å². The summed E-state index contributed by atoms with van der Waals surface area (Å²) in [6.45, 7) is 8.52. The molecule has 1 amide bonds. The third kappa shape index (κ3) is 4.92.